The fraction of sp³-hybridized carbons (Fsp3) is 0.370. The minimum Gasteiger partial charge on any atom is -0.850 e. The van der Waals surface area contributed by atoms with Crippen LogP contribution in [0.4, 0.5) is 0 Å². The van der Waals surface area contributed by atoms with Gasteiger partial charge in [-0.05, 0) is 252 Å². The van der Waals surface area contributed by atoms with E-state index in [1.807, 2.05) is 147 Å². The van der Waals surface area contributed by atoms with Crippen molar-refractivity contribution in [2.24, 2.45) is 5.92 Å². The molecule has 17 rings (SSSR count). The van der Waals surface area contributed by atoms with Crippen molar-refractivity contribution in [2.75, 3.05) is 27.9 Å². The summed E-state index contributed by atoms with van der Waals surface area (Å²) in [4.78, 5) is 72.9. The van der Waals surface area contributed by atoms with Crippen LogP contribution in [0.3, 0.4) is 0 Å². The third kappa shape index (κ3) is 35.3. The van der Waals surface area contributed by atoms with Crippen molar-refractivity contribution in [1.29, 1.82) is 31.6 Å². The maximum Gasteiger partial charge on any atom is 1.00 e. The first kappa shape index (κ1) is 121. The Bertz CT molecular complexity index is 6310. The average molecular weight is 1920 g/mol. The van der Waals surface area contributed by atoms with E-state index in [9.17, 15) is 65.6 Å². The van der Waals surface area contributed by atoms with Crippen molar-refractivity contribution < 1.29 is 138 Å². The molecule has 724 valence electrons. The summed E-state index contributed by atoms with van der Waals surface area (Å²) in [6.07, 6.45) is 16.2. The quantitative estimate of drug-likeness (QED) is 0.0270. The van der Waals surface area contributed by atoms with E-state index in [4.69, 9.17) is 29.1 Å². The van der Waals surface area contributed by atoms with Crippen molar-refractivity contribution in [1.82, 2.24) is 0 Å². The molecule has 141 heavy (non-hydrogen) atoms. The monoisotopic (exact) mass is 1910 g/mol. The molecule has 0 bridgehead atoms. The minimum atomic E-state index is -0.847. The first-order valence-corrected chi connectivity index (χ1v) is 46.6. The van der Waals surface area contributed by atoms with E-state index < -0.39 is 61.7 Å². The Kier molecular flexibility index (Phi) is 50.3. The van der Waals surface area contributed by atoms with Gasteiger partial charge in [0.15, 0.2) is 0 Å². The van der Waals surface area contributed by atoms with Crippen LogP contribution in [0.1, 0.15) is 224 Å². The normalized spacial score (nSPS) is 20.1. The second-order valence-electron chi connectivity index (χ2n) is 37.1. The van der Waals surface area contributed by atoms with Gasteiger partial charge in [0.1, 0.15) is 17.5 Å². The summed E-state index contributed by atoms with van der Waals surface area (Å²) in [6, 6.07) is 100. The largest absolute Gasteiger partial charge is 1.00 e. The Hall–Kier alpha value is -11.9. The first-order chi connectivity index (χ1) is 65.6. The van der Waals surface area contributed by atoms with E-state index in [2.05, 4.69) is 183 Å². The molecule has 4 aliphatic carbocycles. The van der Waals surface area contributed by atoms with Crippen molar-refractivity contribution >= 4 is 100 Å². The van der Waals surface area contributed by atoms with Gasteiger partial charge in [0, 0.05) is 38.4 Å². The number of carbonyl (C=O) groups is 5. The smallest absolute Gasteiger partial charge is 0.850 e. The number of hydrogen-bond acceptors (Lipinski definition) is 20. The first-order valence-electron chi connectivity index (χ1n) is 46.6. The molecule has 0 amide bonds. The number of ketones is 2. The van der Waals surface area contributed by atoms with Crippen LogP contribution in [0, 0.1) is 81.3 Å². The maximum atomic E-state index is 12.0. The van der Waals surface area contributed by atoms with Crippen LogP contribution in [0.5, 0.6) is 0 Å². The molecule has 0 aromatic heterocycles. The predicted octanol–water partition coefficient (Wildman–Crippen LogP) is 18.2. The number of methoxy groups -OCH3 is 3. The fourth-order valence-corrected chi connectivity index (χ4v) is 17.8. The summed E-state index contributed by atoms with van der Waals surface area (Å²) in [5, 5.41) is 101. The summed E-state index contributed by atoms with van der Waals surface area (Å²) < 4.78 is 18.8. The molecule has 2 N–H and O–H groups in total. The molecule has 5 aliphatic rings. The summed E-state index contributed by atoms with van der Waals surface area (Å²) >= 11 is 0. The number of hydrogen-bond donors (Lipinski definition) is 2. The van der Waals surface area contributed by atoms with Gasteiger partial charge in [0.2, 0.25) is 0 Å². The molecule has 0 spiro atoms. The Balaban J connectivity index is 0.000000339. The van der Waals surface area contributed by atoms with Gasteiger partial charge < -0.3 is 41.7 Å². The third-order valence-corrected chi connectivity index (χ3v) is 26.1. The standard InChI is InChI=1S/C19H17NO3.C19H21NO2.2C18H19NO.C17H15NO.C12H9N.C5H10O.C4H6O2.C4H9O.CO2.CH4.CH3.K.Li/c1-23-18(22)16-11-19(12-20,9-8-17(16)21)15-7-6-13-4-2-3-5-14(13)10-15;1-3-11-19(14-20,12-10-18(21)22-2)17-9-8-15-6-4-5-7-16(15)13-17;2*1-17(20)8-10-18(13-19,11-9-17)16-7-6-14-4-2-3-5-15(14)12-16;18-12-17(9-7-16(19)8-10-17)15-6-5-13-3-1-2-4-14(13)11-15;13-8-7-10-5-6-11-3-1-2-4-12(11)9-10;1-5-3-2-4-6-5;1-3-4(5)6-2;1-4(2,3)5;2-1-3;;;;/h2-7,10,16H,8-9,11H2,1H3;4-9,13H,3,10-12H2,1-2H3;2*2-7,12,20H,8-11H2,1H3;1-6,11H,7-10H2;1-6,9H,7H2;5H,2-4H2,1H3;3H,1H2,2H3;1-3H3;;1H4;1H3;;/q;;;;;;;;-1;;;-1;2*+1. The number of rotatable bonds is 13. The number of aliphatic hydroxyl groups is 2. The number of fused-ring (bicyclic) bond motifs is 6. The number of esters is 3. The van der Waals surface area contributed by atoms with Crippen LogP contribution in [-0.4, -0.2) is 96.7 Å². The SMILES string of the molecule is C.C=CC(=O)OC.CC(C)(C)[O-].CC1(O)CCC(C#N)(c2ccc3ccccc3c2)CC1.CC1(O)CCC(C#N)(c2ccc3ccccc3c2)CC1.CC1CCCO1.CCCC(C#N)(CCC(=O)OC)c1ccc2ccccc2c1.COC(=O)C1CC(C#N)(c2ccc3ccccc3c2)CCC1=O.N#CC1(c2ccc3ccccc3c2)CCC(=O)CC1.N#CCc1ccc2ccccc2c1.O=C=O.[CH3-].[K+].[Li+]. The molecule has 4 saturated carbocycles. The number of nitriles is 6. The van der Waals surface area contributed by atoms with Crippen LogP contribution in [0.25, 0.3) is 64.6 Å². The number of Topliss-reactive ketones (excluding diaryl/α,β-unsaturated/α-hetero) is 2. The summed E-state index contributed by atoms with van der Waals surface area (Å²) in [7, 11) is 3.96. The van der Waals surface area contributed by atoms with Crippen LogP contribution in [0.2, 0.25) is 0 Å². The van der Waals surface area contributed by atoms with Gasteiger partial charge in [-0.25, -0.2) is 4.79 Å². The Morgan fingerprint density at radius 1 is 0.489 bits per heavy atom. The molecular weight excluding hydrogens is 1780 g/mol. The van der Waals surface area contributed by atoms with Gasteiger partial charge in [0.05, 0.1) is 109 Å². The number of ether oxygens (including phenoxy) is 4. The molecule has 1 aliphatic heterocycles. The predicted molar refractivity (Wildman–Crippen MR) is 546 cm³/mol. The molecule has 20 nitrogen and oxygen atoms in total. The maximum absolute atomic E-state index is 12.0. The molecule has 4 atom stereocenters. The van der Waals surface area contributed by atoms with Gasteiger partial charge in [-0.3, -0.25) is 19.2 Å². The van der Waals surface area contributed by atoms with E-state index in [1.54, 1.807) is 20.8 Å². The van der Waals surface area contributed by atoms with Crippen LogP contribution < -0.4 is 75.4 Å². The van der Waals surface area contributed by atoms with Crippen molar-refractivity contribution in [3.63, 3.8) is 0 Å². The molecule has 12 aromatic rings. The van der Waals surface area contributed by atoms with E-state index in [1.165, 1.54) is 71.9 Å². The minimum absolute atomic E-state index is 0. The fourth-order valence-electron chi connectivity index (χ4n) is 17.8. The van der Waals surface area contributed by atoms with Gasteiger partial charge in [-0.2, -0.15) is 41.2 Å². The van der Waals surface area contributed by atoms with E-state index in [0.29, 0.717) is 76.7 Å². The number of carbonyl (C=O) groups excluding carboxylic acids is 7. The molecule has 12 aromatic carbocycles. The van der Waals surface area contributed by atoms with Gasteiger partial charge in [0.25, 0.3) is 0 Å². The van der Waals surface area contributed by atoms with Crippen molar-refractivity contribution in [3.05, 3.63) is 308 Å². The summed E-state index contributed by atoms with van der Waals surface area (Å²) in [5.41, 5.74) is 1.39. The zero-order chi connectivity index (χ0) is 99.9. The summed E-state index contributed by atoms with van der Waals surface area (Å²) in [5.74, 6) is -1.91. The Morgan fingerprint density at radius 2 is 0.823 bits per heavy atom. The molecule has 5 fully saturated rings. The molecule has 0 radical (unpaired) electrons. The van der Waals surface area contributed by atoms with E-state index in [-0.39, 0.29) is 128 Å². The van der Waals surface area contributed by atoms with E-state index >= 15 is 0 Å². The zero-order valence-corrected chi connectivity index (χ0v) is 86.6. The molecule has 22 heteroatoms. The average Bonchev–Trinajstić information content (AvgIpc) is 0.953. The van der Waals surface area contributed by atoms with Crippen molar-refractivity contribution in [2.45, 2.75) is 247 Å². The van der Waals surface area contributed by atoms with Gasteiger partial charge in [-0.15, -0.1) is 5.60 Å². The Morgan fingerprint density at radius 3 is 1.12 bits per heavy atom. The van der Waals surface area contributed by atoms with Crippen LogP contribution >= 0.6 is 0 Å². The Labute approximate surface area is 887 Å². The molecule has 1 saturated heterocycles. The van der Waals surface area contributed by atoms with Gasteiger partial charge >= 0.3 is 94.3 Å². The molecule has 4 unspecified atom stereocenters. The van der Waals surface area contributed by atoms with Crippen molar-refractivity contribution in [3.8, 4) is 36.4 Å². The second-order valence-corrected chi connectivity index (χ2v) is 37.1. The number of benzene rings is 12. The second kappa shape index (κ2) is 58.5. The molecule has 1 heterocycles. The molecular formula is C119H132KLiN6O14. The summed E-state index contributed by atoms with van der Waals surface area (Å²) in [6.45, 7) is 17.0. The number of nitrogens with zero attached hydrogens (tertiary/aromatic N) is 6. The van der Waals surface area contributed by atoms with Crippen LogP contribution in [-0.2, 0) is 86.0 Å². The van der Waals surface area contributed by atoms with Gasteiger partial charge in [-0.1, -0.05) is 273 Å². The third-order valence-electron chi connectivity index (χ3n) is 26.1. The topological polar surface area (TPSA) is 363 Å². The van der Waals surface area contributed by atoms with Crippen LogP contribution in [0.15, 0.2) is 267 Å². The van der Waals surface area contributed by atoms with E-state index in [0.717, 1.165) is 112 Å². The zero-order valence-electron chi connectivity index (χ0n) is 83.4.